The summed E-state index contributed by atoms with van der Waals surface area (Å²) in [6.07, 6.45) is 2.94. The van der Waals surface area contributed by atoms with Gasteiger partial charge in [0, 0.05) is 0 Å². The molecule has 2 atom stereocenters. The van der Waals surface area contributed by atoms with E-state index in [2.05, 4.69) is 69.2 Å². The molecule has 0 N–H and O–H groups in total. The smallest absolute Gasteiger partial charge is 0.0177 e. The molecule has 0 saturated carbocycles. The molecule has 0 rings (SSSR count). The minimum atomic E-state index is 0.151. The van der Waals surface area contributed by atoms with E-state index in [1.807, 2.05) is 0 Å². The zero-order valence-corrected chi connectivity index (χ0v) is 16.3. The number of hydrogen-bond donors (Lipinski definition) is 0. The summed E-state index contributed by atoms with van der Waals surface area (Å²) in [7, 11) is 0.302. The summed E-state index contributed by atoms with van der Waals surface area (Å²) >= 11 is 0. The molecule has 0 aliphatic heterocycles. The minimum Gasteiger partial charge on any atom is -0.0982 e. The lowest BCUT2D eigenvalue weighted by Crippen LogP contribution is -2.24. The second-order valence-corrected chi connectivity index (χ2v) is 15.4. The highest BCUT2D eigenvalue weighted by Crippen LogP contribution is 2.59. The Morgan fingerprint density at radius 3 is 0.944 bits per heavy atom. The van der Waals surface area contributed by atoms with Gasteiger partial charge in [0.25, 0.3) is 0 Å². The van der Waals surface area contributed by atoms with Crippen LogP contribution in [0, 0.1) is 0 Å². The van der Waals surface area contributed by atoms with Crippen LogP contribution < -0.4 is 0 Å². The fraction of sp³-hybridized carbons (Fsp3) is 1.00. The Labute approximate surface area is 119 Å². The van der Waals surface area contributed by atoms with Crippen LogP contribution >= 0.6 is 15.8 Å². The predicted molar refractivity (Wildman–Crippen MR) is 93.4 cm³/mol. The third-order valence-electron chi connectivity index (χ3n) is 3.55. The maximum absolute atomic E-state index is 2.44. The van der Waals surface area contributed by atoms with Crippen molar-refractivity contribution in [2.24, 2.45) is 0 Å². The molecule has 0 heterocycles. The van der Waals surface area contributed by atoms with Gasteiger partial charge in [-0.05, 0) is 34.0 Å². The largest absolute Gasteiger partial charge is 0.0982 e. The fourth-order valence-corrected chi connectivity index (χ4v) is 10.1. The molecule has 18 heavy (non-hydrogen) atoms. The first-order valence-corrected chi connectivity index (χ1v) is 10.6. The van der Waals surface area contributed by atoms with Gasteiger partial charge < -0.3 is 0 Å². The fourth-order valence-electron chi connectivity index (χ4n) is 2.95. The molecule has 0 fully saturated rings. The SMILES string of the molecule is CC(C)P(CCP(C(C)C)C(C)(C)C)C(C)(C)C. The molecule has 0 aromatic heterocycles. The second kappa shape index (κ2) is 7.04. The van der Waals surface area contributed by atoms with Crippen LogP contribution in [0.1, 0.15) is 69.2 Å². The maximum atomic E-state index is 2.44. The lowest BCUT2D eigenvalue weighted by atomic mass is 10.3. The lowest BCUT2D eigenvalue weighted by molar-refractivity contribution is 0.759. The summed E-state index contributed by atoms with van der Waals surface area (Å²) in [5.74, 6) is 0. The molecule has 0 amide bonds. The van der Waals surface area contributed by atoms with E-state index in [1.165, 1.54) is 12.3 Å². The van der Waals surface area contributed by atoms with Crippen LogP contribution in [0.4, 0.5) is 0 Å². The van der Waals surface area contributed by atoms with Crippen molar-refractivity contribution < 1.29 is 0 Å². The molecule has 0 saturated heterocycles. The Hall–Kier alpha value is 0.860. The van der Waals surface area contributed by atoms with Crippen LogP contribution in [0.5, 0.6) is 0 Å². The summed E-state index contributed by atoms with van der Waals surface area (Å²) in [6.45, 7) is 24.3. The molecule has 110 valence electrons. The van der Waals surface area contributed by atoms with E-state index < -0.39 is 0 Å². The van der Waals surface area contributed by atoms with Crippen molar-refractivity contribution in [1.29, 1.82) is 0 Å². The molecule has 0 nitrogen and oxygen atoms in total. The summed E-state index contributed by atoms with van der Waals surface area (Å²) in [6, 6.07) is 0. The minimum absolute atomic E-state index is 0.151. The summed E-state index contributed by atoms with van der Waals surface area (Å²) in [5, 5.41) is 1.03. The van der Waals surface area contributed by atoms with E-state index in [0.29, 0.717) is 10.3 Å². The highest BCUT2D eigenvalue weighted by atomic mass is 31.1. The standard InChI is InChI=1S/C16H36P2/c1-13(2)17(15(5,6)7)11-12-18(14(3)4)16(8,9)10/h13-14H,11-12H2,1-10H3. The van der Waals surface area contributed by atoms with Gasteiger partial charge in [0.1, 0.15) is 0 Å². The van der Waals surface area contributed by atoms with Gasteiger partial charge in [0.2, 0.25) is 0 Å². The third-order valence-corrected chi connectivity index (χ3v) is 11.3. The molecule has 0 bridgehead atoms. The van der Waals surface area contributed by atoms with E-state index >= 15 is 0 Å². The van der Waals surface area contributed by atoms with Crippen molar-refractivity contribution in [1.82, 2.24) is 0 Å². The maximum Gasteiger partial charge on any atom is -0.0177 e. The molecular weight excluding hydrogens is 254 g/mol. The topological polar surface area (TPSA) is 0 Å². The molecule has 0 radical (unpaired) electrons. The highest BCUT2D eigenvalue weighted by molar-refractivity contribution is 7.64. The zero-order valence-electron chi connectivity index (χ0n) is 14.5. The molecule has 2 unspecified atom stereocenters. The van der Waals surface area contributed by atoms with Crippen molar-refractivity contribution in [2.75, 3.05) is 12.3 Å². The van der Waals surface area contributed by atoms with Crippen molar-refractivity contribution in [2.45, 2.75) is 90.9 Å². The quantitative estimate of drug-likeness (QED) is 0.516. The van der Waals surface area contributed by atoms with Gasteiger partial charge in [0.15, 0.2) is 0 Å². The van der Waals surface area contributed by atoms with Gasteiger partial charge in [-0.25, -0.2) is 0 Å². The Bertz CT molecular complexity index is 204. The zero-order chi connectivity index (χ0) is 14.7. The van der Waals surface area contributed by atoms with Crippen LogP contribution in [0.25, 0.3) is 0 Å². The van der Waals surface area contributed by atoms with Gasteiger partial charge in [-0.1, -0.05) is 85.1 Å². The average molecular weight is 290 g/mol. The van der Waals surface area contributed by atoms with Gasteiger partial charge in [-0.3, -0.25) is 0 Å². The first kappa shape index (κ1) is 18.9. The van der Waals surface area contributed by atoms with Crippen LogP contribution in [-0.2, 0) is 0 Å². The van der Waals surface area contributed by atoms with E-state index in [9.17, 15) is 0 Å². The monoisotopic (exact) mass is 290 g/mol. The Morgan fingerprint density at radius 1 is 0.611 bits per heavy atom. The lowest BCUT2D eigenvalue weighted by Gasteiger charge is -2.40. The second-order valence-electron chi connectivity index (χ2n) is 7.92. The number of rotatable bonds is 5. The third kappa shape index (κ3) is 6.34. The van der Waals surface area contributed by atoms with Crippen molar-refractivity contribution in [3.05, 3.63) is 0 Å². The first-order valence-electron chi connectivity index (χ1n) is 7.41. The predicted octanol–water partition coefficient (Wildman–Crippen LogP) is 6.36. The van der Waals surface area contributed by atoms with Crippen LogP contribution in [-0.4, -0.2) is 34.0 Å². The molecule has 0 spiro atoms. The summed E-state index contributed by atoms with van der Waals surface area (Å²) < 4.78 is 0. The molecule has 2 heteroatoms. The van der Waals surface area contributed by atoms with E-state index in [1.54, 1.807) is 0 Å². The molecular formula is C16H36P2. The Balaban J connectivity index is 4.69. The van der Waals surface area contributed by atoms with Crippen molar-refractivity contribution in [3.63, 3.8) is 0 Å². The van der Waals surface area contributed by atoms with Gasteiger partial charge in [-0.2, -0.15) is 0 Å². The van der Waals surface area contributed by atoms with Gasteiger partial charge >= 0.3 is 0 Å². The normalized spacial score (nSPS) is 17.3. The molecule has 0 aliphatic rings. The van der Waals surface area contributed by atoms with E-state index in [4.69, 9.17) is 0 Å². The van der Waals surface area contributed by atoms with E-state index in [0.717, 1.165) is 11.3 Å². The molecule has 0 aromatic rings. The average Bonchev–Trinajstić information content (AvgIpc) is 2.05. The Morgan fingerprint density at radius 2 is 0.833 bits per heavy atom. The first-order chi connectivity index (χ1) is 7.87. The van der Waals surface area contributed by atoms with Gasteiger partial charge in [0.05, 0.1) is 0 Å². The van der Waals surface area contributed by atoms with Crippen molar-refractivity contribution >= 4 is 15.8 Å². The number of hydrogen-bond acceptors (Lipinski definition) is 0. The molecule has 0 aliphatic carbocycles. The Kier molecular flexibility index (Phi) is 7.37. The van der Waals surface area contributed by atoms with Crippen LogP contribution in [0.2, 0.25) is 0 Å². The highest BCUT2D eigenvalue weighted by Gasteiger charge is 2.31. The summed E-state index contributed by atoms with van der Waals surface area (Å²) in [5.41, 5.74) is 1.73. The van der Waals surface area contributed by atoms with Crippen molar-refractivity contribution in [3.8, 4) is 0 Å². The van der Waals surface area contributed by atoms with Gasteiger partial charge in [-0.15, -0.1) is 0 Å². The van der Waals surface area contributed by atoms with Crippen LogP contribution in [0.3, 0.4) is 0 Å². The van der Waals surface area contributed by atoms with Crippen LogP contribution in [0.15, 0.2) is 0 Å². The van der Waals surface area contributed by atoms with E-state index in [-0.39, 0.29) is 15.8 Å². The summed E-state index contributed by atoms with van der Waals surface area (Å²) in [4.78, 5) is 0. The molecule has 0 aromatic carbocycles.